The van der Waals surface area contributed by atoms with Crippen LogP contribution in [0.3, 0.4) is 0 Å². The fourth-order valence-corrected chi connectivity index (χ4v) is 6.33. The normalized spacial score (nSPS) is 25.8. The topological polar surface area (TPSA) is 52.6 Å². The lowest BCUT2D eigenvalue weighted by Gasteiger charge is -2.31. The Morgan fingerprint density at radius 2 is 1.27 bits per heavy atom. The van der Waals surface area contributed by atoms with Gasteiger partial charge in [0, 0.05) is 4.47 Å². The average Bonchev–Trinajstić information content (AvgIpc) is 2.91. The van der Waals surface area contributed by atoms with Gasteiger partial charge in [-0.1, -0.05) is 67.6 Å². The zero-order valence-corrected chi connectivity index (χ0v) is 23.9. The van der Waals surface area contributed by atoms with E-state index < -0.39 is 24.3 Å². The third-order valence-corrected chi connectivity index (χ3v) is 8.67. The summed E-state index contributed by atoms with van der Waals surface area (Å²) in [6.45, 7) is 3.96. The van der Waals surface area contributed by atoms with Crippen molar-refractivity contribution in [1.82, 2.24) is 0 Å². The van der Waals surface area contributed by atoms with Crippen molar-refractivity contribution in [2.45, 2.75) is 140 Å². The number of carbonyl (C=O) groups excluding carboxylic acids is 2. The molecule has 4 nitrogen and oxygen atoms in total. The van der Waals surface area contributed by atoms with Crippen LogP contribution in [0.15, 0.2) is 22.7 Å². The zero-order valence-electron chi connectivity index (χ0n) is 22.4. The van der Waals surface area contributed by atoms with Crippen molar-refractivity contribution in [3.8, 4) is 0 Å². The van der Waals surface area contributed by atoms with Gasteiger partial charge >= 0.3 is 11.9 Å². The molecule has 0 N–H and O–H groups in total. The summed E-state index contributed by atoms with van der Waals surface area (Å²) < 4.78 is 39.9. The highest BCUT2D eigenvalue weighted by Crippen LogP contribution is 2.41. The molecular formula is C30H43BrF2O4. The van der Waals surface area contributed by atoms with Gasteiger partial charge in [0.2, 0.25) is 0 Å². The van der Waals surface area contributed by atoms with Gasteiger partial charge in [0.15, 0.2) is 12.3 Å². The van der Waals surface area contributed by atoms with Gasteiger partial charge in [0.05, 0.1) is 0 Å². The van der Waals surface area contributed by atoms with Crippen molar-refractivity contribution >= 4 is 27.9 Å². The molecule has 0 amide bonds. The third-order valence-electron chi connectivity index (χ3n) is 7.98. The molecule has 0 radical (unpaired) electrons. The molecule has 1 aromatic carbocycles. The fraction of sp³-hybridized carbons (Fsp3) is 0.733. The Morgan fingerprint density at radius 3 is 1.70 bits per heavy atom. The van der Waals surface area contributed by atoms with Crippen molar-refractivity contribution < 1.29 is 27.8 Å². The molecule has 2 aliphatic carbocycles. The first-order chi connectivity index (χ1) is 17.8. The second kappa shape index (κ2) is 15.2. The fourth-order valence-electron chi connectivity index (χ4n) is 5.61. The van der Waals surface area contributed by atoms with Crippen LogP contribution in [0.1, 0.15) is 127 Å². The molecule has 3 rings (SSSR count). The first-order valence-corrected chi connectivity index (χ1v) is 15.1. The van der Waals surface area contributed by atoms with Gasteiger partial charge in [0.25, 0.3) is 0 Å². The molecule has 208 valence electrons. The summed E-state index contributed by atoms with van der Waals surface area (Å²) in [4.78, 5) is 24.0. The molecule has 0 saturated heterocycles. The number of benzene rings is 1. The van der Waals surface area contributed by atoms with E-state index >= 15 is 0 Å². The Labute approximate surface area is 229 Å². The van der Waals surface area contributed by atoms with E-state index in [1.165, 1.54) is 11.1 Å². The molecule has 0 bridgehead atoms. The number of hydrogen-bond donors (Lipinski definition) is 0. The van der Waals surface area contributed by atoms with Gasteiger partial charge in [-0.25, -0.2) is 18.4 Å². The number of hydrogen-bond acceptors (Lipinski definition) is 4. The van der Waals surface area contributed by atoms with Crippen LogP contribution in [-0.4, -0.2) is 36.5 Å². The zero-order chi connectivity index (χ0) is 26.8. The highest BCUT2D eigenvalue weighted by Gasteiger charge is 2.30. The van der Waals surface area contributed by atoms with E-state index in [4.69, 9.17) is 9.47 Å². The molecule has 2 atom stereocenters. The van der Waals surface area contributed by atoms with Crippen molar-refractivity contribution in [1.29, 1.82) is 0 Å². The van der Waals surface area contributed by atoms with Crippen LogP contribution in [0.25, 0.3) is 0 Å². The van der Waals surface area contributed by atoms with Crippen molar-refractivity contribution in [2.75, 3.05) is 0 Å². The van der Waals surface area contributed by atoms with Crippen molar-refractivity contribution in [3.05, 3.63) is 33.8 Å². The van der Waals surface area contributed by atoms with Gasteiger partial charge in [-0.3, -0.25) is 0 Å². The maximum Gasteiger partial charge on any atom is 0.340 e. The highest BCUT2D eigenvalue weighted by atomic mass is 79.9. The van der Waals surface area contributed by atoms with Crippen LogP contribution >= 0.6 is 15.9 Å². The number of ether oxygens (including phenoxy) is 2. The minimum absolute atomic E-state index is 0.185. The highest BCUT2D eigenvalue weighted by molar-refractivity contribution is 9.10. The molecule has 2 aliphatic rings. The predicted octanol–water partition coefficient (Wildman–Crippen LogP) is 8.64. The number of esters is 2. The van der Waals surface area contributed by atoms with Crippen LogP contribution in [0.2, 0.25) is 0 Å². The Kier molecular flexibility index (Phi) is 12.3. The minimum atomic E-state index is -1.51. The van der Waals surface area contributed by atoms with E-state index in [1.54, 1.807) is 0 Å². The Hall–Kier alpha value is -1.50. The molecule has 2 saturated carbocycles. The summed E-state index contributed by atoms with van der Waals surface area (Å²) >= 11 is 3.78. The maximum absolute atomic E-state index is 14.0. The number of alkyl halides is 2. The number of unbranched alkanes of at least 4 members (excludes halogenated alkanes) is 2. The van der Waals surface area contributed by atoms with Gasteiger partial charge in [0.1, 0.15) is 12.2 Å². The smallest absolute Gasteiger partial charge is 0.340 e. The summed E-state index contributed by atoms with van der Waals surface area (Å²) in [6.07, 6.45) is 6.91. The van der Waals surface area contributed by atoms with E-state index in [9.17, 15) is 18.4 Å². The van der Waals surface area contributed by atoms with E-state index in [2.05, 4.69) is 34.1 Å². The number of carbonyl (C=O) groups is 2. The summed E-state index contributed by atoms with van der Waals surface area (Å²) in [5.74, 6) is -0.614. The lowest BCUT2D eigenvalue weighted by atomic mass is 9.80. The Balaban J connectivity index is 1.45. The second-order valence-corrected chi connectivity index (χ2v) is 11.7. The molecule has 0 aliphatic heterocycles. The average molecular weight is 586 g/mol. The molecule has 1 aromatic rings. The summed E-state index contributed by atoms with van der Waals surface area (Å²) in [7, 11) is 0. The molecule has 0 spiro atoms. The van der Waals surface area contributed by atoms with Crippen LogP contribution < -0.4 is 0 Å². The first-order valence-electron chi connectivity index (χ1n) is 14.3. The van der Waals surface area contributed by atoms with Gasteiger partial charge in [-0.15, -0.1) is 0 Å². The molecule has 0 heterocycles. The largest absolute Gasteiger partial charge is 0.460 e. The van der Waals surface area contributed by atoms with E-state index in [0.717, 1.165) is 68.7 Å². The lowest BCUT2D eigenvalue weighted by molar-refractivity contribution is -0.157. The van der Waals surface area contributed by atoms with Crippen LogP contribution in [0, 0.1) is 0 Å². The van der Waals surface area contributed by atoms with E-state index in [0.29, 0.717) is 24.7 Å². The Bertz CT molecular complexity index is 863. The molecule has 0 aromatic heterocycles. The summed E-state index contributed by atoms with van der Waals surface area (Å²) in [5, 5.41) is 0. The number of halogens is 3. The van der Waals surface area contributed by atoms with Crippen LogP contribution in [-0.2, 0) is 19.1 Å². The van der Waals surface area contributed by atoms with Gasteiger partial charge < -0.3 is 9.47 Å². The maximum atomic E-state index is 14.0. The van der Waals surface area contributed by atoms with Gasteiger partial charge in [-0.2, -0.15) is 0 Å². The van der Waals surface area contributed by atoms with Crippen molar-refractivity contribution in [3.63, 3.8) is 0 Å². The molecule has 0 unspecified atom stereocenters. The molecular weight excluding hydrogens is 542 g/mol. The SMILES string of the molecule is CCCC[C@H](F)C(=O)O[C@H]1CC[C@H](c2ccc([C@H]3CC[C@H](OC(=O)[C@@H](F)CCCC)CC3)c(Br)c2)CC1. The first kappa shape index (κ1) is 30.0. The van der Waals surface area contributed by atoms with Crippen molar-refractivity contribution in [2.24, 2.45) is 0 Å². The second-order valence-electron chi connectivity index (χ2n) is 10.8. The monoisotopic (exact) mass is 584 g/mol. The molecule has 2 fully saturated rings. The third kappa shape index (κ3) is 9.04. The van der Waals surface area contributed by atoms with Gasteiger partial charge in [-0.05, 0) is 93.2 Å². The predicted molar refractivity (Wildman–Crippen MR) is 145 cm³/mol. The Morgan fingerprint density at radius 1 is 0.811 bits per heavy atom. The summed E-state index contributed by atoms with van der Waals surface area (Å²) in [6, 6.07) is 6.61. The van der Waals surface area contributed by atoms with E-state index in [-0.39, 0.29) is 25.0 Å². The molecule has 7 heteroatoms. The quantitative estimate of drug-likeness (QED) is 0.231. The van der Waals surface area contributed by atoms with Crippen LogP contribution in [0.4, 0.5) is 8.78 Å². The summed E-state index contributed by atoms with van der Waals surface area (Å²) in [5.41, 5.74) is 2.54. The van der Waals surface area contributed by atoms with E-state index in [1.807, 2.05) is 13.8 Å². The standard InChI is InChI=1S/C30H43BrF2O4/c1-3-5-7-27(32)29(34)36-23-14-9-20(10-15-23)22-13-18-25(26(31)19-22)21-11-16-24(17-12-21)37-30(35)28(33)8-6-4-2/h13,18-21,23-24,27-28H,3-12,14-17H2,1-2H3/t20-,21-,23-,24-,27-,28-/m0/s1. The molecule has 37 heavy (non-hydrogen) atoms. The number of rotatable bonds is 12. The lowest BCUT2D eigenvalue weighted by Crippen LogP contribution is -2.28. The minimum Gasteiger partial charge on any atom is -0.460 e. The van der Waals surface area contributed by atoms with Crippen LogP contribution in [0.5, 0.6) is 0 Å².